The van der Waals surface area contributed by atoms with E-state index in [4.69, 9.17) is 0 Å². The molecule has 0 amide bonds. The van der Waals surface area contributed by atoms with Gasteiger partial charge in [0.15, 0.2) is 0 Å². The lowest BCUT2D eigenvalue weighted by Gasteiger charge is -2.08. The normalized spacial score (nSPS) is 12.7. The lowest BCUT2D eigenvalue weighted by atomic mass is 10.2. The Balaban J connectivity index is 2.48. The van der Waals surface area contributed by atoms with E-state index < -0.39 is 0 Å². The standard InChI is InChI=1S/C13H21NS/c1-4-11(3)15-13-8-6-12(7-9-13)10-14-5-2/h6-9,11,14H,4-5,10H2,1-3H3. The van der Waals surface area contributed by atoms with Crippen molar-refractivity contribution in [2.75, 3.05) is 6.54 Å². The molecule has 1 rings (SSSR count). The number of hydrogen-bond acceptors (Lipinski definition) is 2. The summed E-state index contributed by atoms with van der Waals surface area (Å²) < 4.78 is 0. The number of rotatable bonds is 6. The zero-order chi connectivity index (χ0) is 11.1. The van der Waals surface area contributed by atoms with Gasteiger partial charge in [0, 0.05) is 16.7 Å². The molecule has 2 heteroatoms. The fourth-order valence-electron chi connectivity index (χ4n) is 1.27. The van der Waals surface area contributed by atoms with Gasteiger partial charge in [0.25, 0.3) is 0 Å². The molecular weight excluding hydrogens is 202 g/mol. The van der Waals surface area contributed by atoms with Gasteiger partial charge < -0.3 is 5.32 Å². The molecule has 1 N–H and O–H groups in total. The molecule has 1 unspecified atom stereocenters. The van der Waals surface area contributed by atoms with Crippen LogP contribution in [0.25, 0.3) is 0 Å². The van der Waals surface area contributed by atoms with Crippen LogP contribution < -0.4 is 5.32 Å². The van der Waals surface area contributed by atoms with Crippen molar-refractivity contribution < 1.29 is 0 Å². The van der Waals surface area contributed by atoms with Crippen molar-refractivity contribution in [1.82, 2.24) is 5.32 Å². The third-order valence-electron chi connectivity index (χ3n) is 2.41. The molecule has 0 saturated heterocycles. The van der Waals surface area contributed by atoms with E-state index in [0.717, 1.165) is 13.1 Å². The Morgan fingerprint density at radius 2 is 1.87 bits per heavy atom. The van der Waals surface area contributed by atoms with E-state index in [-0.39, 0.29) is 0 Å². The van der Waals surface area contributed by atoms with E-state index in [1.54, 1.807) is 0 Å². The average molecular weight is 223 g/mol. The lowest BCUT2D eigenvalue weighted by molar-refractivity contribution is 0.726. The monoisotopic (exact) mass is 223 g/mol. The fourth-order valence-corrected chi connectivity index (χ4v) is 2.20. The third-order valence-corrected chi connectivity index (χ3v) is 3.69. The van der Waals surface area contributed by atoms with Gasteiger partial charge in [-0.3, -0.25) is 0 Å². The Morgan fingerprint density at radius 3 is 2.40 bits per heavy atom. The maximum absolute atomic E-state index is 3.33. The second kappa shape index (κ2) is 6.91. The molecule has 84 valence electrons. The molecule has 0 aliphatic heterocycles. The predicted octanol–water partition coefficient (Wildman–Crippen LogP) is 3.69. The minimum Gasteiger partial charge on any atom is -0.313 e. The Hall–Kier alpha value is -0.470. The first-order valence-electron chi connectivity index (χ1n) is 5.72. The van der Waals surface area contributed by atoms with Crippen molar-refractivity contribution in [3.63, 3.8) is 0 Å². The minimum atomic E-state index is 0.713. The van der Waals surface area contributed by atoms with Gasteiger partial charge in [0.1, 0.15) is 0 Å². The highest BCUT2D eigenvalue weighted by atomic mass is 32.2. The molecule has 15 heavy (non-hydrogen) atoms. The second-order valence-corrected chi connectivity index (χ2v) is 5.27. The quantitative estimate of drug-likeness (QED) is 0.738. The zero-order valence-electron chi connectivity index (χ0n) is 9.92. The predicted molar refractivity (Wildman–Crippen MR) is 69.4 cm³/mol. The molecule has 1 atom stereocenters. The number of hydrogen-bond donors (Lipinski definition) is 1. The van der Waals surface area contributed by atoms with E-state index in [1.165, 1.54) is 16.9 Å². The zero-order valence-corrected chi connectivity index (χ0v) is 10.7. The van der Waals surface area contributed by atoms with Crippen molar-refractivity contribution >= 4 is 11.8 Å². The van der Waals surface area contributed by atoms with Gasteiger partial charge in [0.05, 0.1) is 0 Å². The molecule has 0 aliphatic carbocycles. The summed E-state index contributed by atoms with van der Waals surface area (Å²) in [6.45, 7) is 8.65. The Morgan fingerprint density at radius 1 is 1.20 bits per heavy atom. The van der Waals surface area contributed by atoms with Crippen LogP contribution in [0.15, 0.2) is 29.2 Å². The van der Waals surface area contributed by atoms with Gasteiger partial charge in [-0.1, -0.05) is 32.9 Å². The third kappa shape index (κ3) is 4.72. The molecule has 0 radical (unpaired) electrons. The summed E-state index contributed by atoms with van der Waals surface area (Å²) in [7, 11) is 0. The minimum absolute atomic E-state index is 0.713. The molecule has 0 heterocycles. The first-order chi connectivity index (χ1) is 7.26. The average Bonchev–Trinajstić information content (AvgIpc) is 2.28. The lowest BCUT2D eigenvalue weighted by Crippen LogP contribution is -2.11. The Kier molecular flexibility index (Phi) is 5.81. The first-order valence-corrected chi connectivity index (χ1v) is 6.60. The van der Waals surface area contributed by atoms with E-state index in [9.17, 15) is 0 Å². The smallest absolute Gasteiger partial charge is 0.0205 e. The summed E-state index contributed by atoms with van der Waals surface area (Å²) in [5, 5.41) is 4.04. The van der Waals surface area contributed by atoms with Gasteiger partial charge in [-0.05, 0) is 30.7 Å². The Bertz CT molecular complexity index is 268. The van der Waals surface area contributed by atoms with E-state index in [2.05, 4.69) is 50.4 Å². The molecule has 1 aromatic rings. The van der Waals surface area contributed by atoms with E-state index in [1.807, 2.05) is 11.8 Å². The van der Waals surface area contributed by atoms with Gasteiger partial charge in [-0.2, -0.15) is 0 Å². The van der Waals surface area contributed by atoms with Gasteiger partial charge in [-0.25, -0.2) is 0 Å². The van der Waals surface area contributed by atoms with Crippen LogP contribution in [0.2, 0.25) is 0 Å². The van der Waals surface area contributed by atoms with Gasteiger partial charge >= 0.3 is 0 Å². The Labute approximate surface area is 97.7 Å². The maximum atomic E-state index is 3.33. The SMILES string of the molecule is CCNCc1ccc(SC(C)CC)cc1. The number of nitrogens with one attached hydrogen (secondary N) is 1. The van der Waals surface area contributed by atoms with Crippen LogP contribution in [0.1, 0.15) is 32.8 Å². The van der Waals surface area contributed by atoms with Crippen LogP contribution in [-0.4, -0.2) is 11.8 Å². The van der Waals surface area contributed by atoms with Crippen LogP contribution in [0, 0.1) is 0 Å². The summed E-state index contributed by atoms with van der Waals surface area (Å²) in [4.78, 5) is 1.38. The highest BCUT2D eigenvalue weighted by Gasteiger charge is 2.01. The van der Waals surface area contributed by atoms with Crippen LogP contribution in [0.4, 0.5) is 0 Å². The summed E-state index contributed by atoms with van der Waals surface area (Å²) in [6, 6.07) is 8.88. The highest BCUT2D eigenvalue weighted by Crippen LogP contribution is 2.24. The van der Waals surface area contributed by atoms with Crippen LogP contribution in [0.5, 0.6) is 0 Å². The van der Waals surface area contributed by atoms with Crippen LogP contribution in [-0.2, 0) is 6.54 Å². The van der Waals surface area contributed by atoms with Crippen LogP contribution >= 0.6 is 11.8 Å². The molecule has 0 aliphatic rings. The highest BCUT2D eigenvalue weighted by molar-refractivity contribution is 7.99. The van der Waals surface area contributed by atoms with Crippen molar-refractivity contribution in [2.24, 2.45) is 0 Å². The molecule has 0 aromatic heterocycles. The molecule has 0 bridgehead atoms. The number of benzene rings is 1. The molecule has 0 spiro atoms. The van der Waals surface area contributed by atoms with Gasteiger partial charge in [-0.15, -0.1) is 11.8 Å². The van der Waals surface area contributed by atoms with Gasteiger partial charge in [0.2, 0.25) is 0 Å². The molecular formula is C13H21NS. The fraction of sp³-hybridized carbons (Fsp3) is 0.538. The summed E-state index contributed by atoms with van der Waals surface area (Å²) in [5.41, 5.74) is 1.37. The molecule has 1 aromatic carbocycles. The van der Waals surface area contributed by atoms with E-state index >= 15 is 0 Å². The van der Waals surface area contributed by atoms with Crippen molar-refractivity contribution in [3.8, 4) is 0 Å². The molecule has 0 saturated carbocycles. The summed E-state index contributed by atoms with van der Waals surface area (Å²) in [6.07, 6.45) is 1.23. The van der Waals surface area contributed by atoms with E-state index in [0.29, 0.717) is 5.25 Å². The van der Waals surface area contributed by atoms with Crippen LogP contribution in [0.3, 0.4) is 0 Å². The maximum Gasteiger partial charge on any atom is 0.0205 e. The summed E-state index contributed by atoms with van der Waals surface area (Å²) >= 11 is 1.96. The second-order valence-electron chi connectivity index (χ2n) is 3.76. The first kappa shape index (κ1) is 12.6. The summed E-state index contributed by atoms with van der Waals surface area (Å²) in [5.74, 6) is 0. The number of thioether (sulfide) groups is 1. The largest absolute Gasteiger partial charge is 0.313 e. The van der Waals surface area contributed by atoms with Crippen molar-refractivity contribution in [3.05, 3.63) is 29.8 Å². The molecule has 0 fully saturated rings. The molecule has 1 nitrogen and oxygen atoms in total. The van der Waals surface area contributed by atoms with Crippen molar-refractivity contribution in [2.45, 2.75) is 43.9 Å². The van der Waals surface area contributed by atoms with Crippen molar-refractivity contribution in [1.29, 1.82) is 0 Å². The topological polar surface area (TPSA) is 12.0 Å².